The Labute approximate surface area is 151 Å². The zero-order valence-corrected chi connectivity index (χ0v) is 14.9. The lowest BCUT2D eigenvalue weighted by Crippen LogP contribution is -2.47. The number of carbonyl (C=O) groups is 1. The van der Waals surface area contributed by atoms with Crippen LogP contribution in [0.15, 0.2) is 18.2 Å². The molecule has 1 aromatic carbocycles. The van der Waals surface area contributed by atoms with Crippen molar-refractivity contribution in [2.45, 2.75) is 12.8 Å². The van der Waals surface area contributed by atoms with E-state index in [-0.39, 0.29) is 40.0 Å². The molecule has 0 bridgehead atoms. The quantitative estimate of drug-likeness (QED) is 0.586. The molecule has 0 aliphatic carbocycles. The van der Waals surface area contributed by atoms with Crippen LogP contribution in [0.25, 0.3) is 0 Å². The first kappa shape index (κ1) is 20.6. The monoisotopic (exact) mass is 377 g/mol. The van der Waals surface area contributed by atoms with Gasteiger partial charge in [0.25, 0.3) is 11.6 Å². The molecule has 0 spiro atoms. The fourth-order valence-corrected chi connectivity index (χ4v) is 3.05. The van der Waals surface area contributed by atoms with Crippen LogP contribution in [0.1, 0.15) is 23.2 Å². The number of halogens is 2. The smallest absolute Gasteiger partial charge is 0.271 e. The molecule has 1 fully saturated rings. The number of non-ortho nitro benzene ring substituents is 1. The van der Waals surface area contributed by atoms with Gasteiger partial charge in [-0.15, -0.1) is 12.4 Å². The van der Waals surface area contributed by atoms with Crippen LogP contribution in [0.3, 0.4) is 0 Å². The van der Waals surface area contributed by atoms with E-state index in [2.05, 4.69) is 10.6 Å². The third-order valence-corrected chi connectivity index (χ3v) is 4.31. The number of methoxy groups -OCH3 is 1. The molecule has 1 aromatic rings. The standard InChI is InChI=1S/C15H20ClN3O4.ClH/c1-23-10-15(2-4-17-5-3-15)9-18-14(20)11-6-12(16)8-13(7-11)19(21)22;/h6-8,17H,2-5,9-10H2,1H3,(H,18,20);1H. The van der Waals surface area contributed by atoms with Crippen LogP contribution < -0.4 is 10.6 Å². The average molecular weight is 378 g/mol. The third-order valence-electron chi connectivity index (χ3n) is 4.09. The Balaban J connectivity index is 0.00000288. The van der Waals surface area contributed by atoms with Gasteiger partial charge in [-0.05, 0) is 32.0 Å². The van der Waals surface area contributed by atoms with E-state index in [1.54, 1.807) is 7.11 Å². The van der Waals surface area contributed by atoms with Gasteiger partial charge in [-0.2, -0.15) is 0 Å². The summed E-state index contributed by atoms with van der Waals surface area (Å²) < 4.78 is 5.30. The number of ether oxygens (including phenoxy) is 1. The molecule has 24 heavy (non-hydrogen) atoms. The maximum absolute atomic E-state index is 12.3. The number of nitro groups is 1. The Morgan fingerprint density at radius 1 is 1.42 bits per heavy atom. The van der Waals surface area contributed by atoms with Crippen LogP contribution >= 0.6 is 24.0 Å². The molecule has 0 radical (unpaired) electrons. The minimum atomic E-state index is -0.568. The number of nitrogens with one attached hydrogen (secondary N) is 2. The van der Waals surface area contributed by atoms with E-state index in [1.165, 1.54) is 18.2 Å². The molecular formula is C15H21Cl2N3O4. The lowest BCUT2D eigenvalue weighted by atomic mass is 9.79. The predicted octanol–water partition coefficient (Wildman–Crippen LogP) is 2.42. The summed E-state index contributed by atoms with van der Waals surface area (Å²) in [6, 6.07) is 3.87. The highest BCUT2D eigenvalue weighted by Gasteiger charge is 2.32. The van der Waals surface area contributed by atoms with Gasteiger partial charge >= 0.3 is 0 Å². The summed E-state index contributed by atoms with van der Waals surface area (Å²) in [5, 5.41) is 17.2. The molecule has 1 amide bonds. The Kier molecular flexibility index (Phi) is 7.89. The number of nitrogens with zero attached hydrogens (tertiary/aromatic N) is 1. The van der Waals surface area contributed by atoms with E-state index in [9.17, 15) is 14.9 Å². The molecule has 1 saturated heterocycles. The molecule has 9 heteroatoms. The average Bonchev–Trinajstić information content (AvgIpc) is 2.53. The third kappa shape index (κ3) is 5.31. The summed E-state index contributed by atoms with van der Waals surface area (Å²) >= 11 is 5.85. The van der Waals surface area contributed by atoms with E-state index >= 15 is 0 Å². The minimum absolute atomic E-state index is 0. The first-order valence-electron chi connectivity index (χ1n) is 7.39. The lowest BCUT2D eigenvalue weighted by Gasteiger charge is -2.37. The van der Waals surface area contributed by atoms with Crippen LogP contribution in [0.5, 0.6) is 0 Å². The van der Waals surface area contributed by atoms with Gasteiger partial charge in [0.2, 0.25) is 0 Å². The molecular weight excluding hydrogens is 357 g/mol. The second-order valence-corrected chi connectivity index (χ2v) is 6.26. The van der Waals surface area contributed by atoms with Crippen LogP contribution in [0.2, 0.25) is 5.02 Å². The fourth-order valence-electron chi connectivity index (χ4n) is 2.82. The largest absolute Gasteiger partial charge is 0.384 e. The van der Waals surface area contributed by atoms with Crippen LogP contribution in [0, 0.1) is 15.5 Å². The topological polar surface area (TPSA) is 93.5 Å². The Morgan fingerprint density at radius 3 is 2.67 bits per heavy atom. The zero-order chi connectivity index (χ0) is 16.9. The number of hydrogen-bond donors (Lipinski definition) is 2. The first-order valence-corrected chi connectivity index (χ1v) is 7.76. The fraction of sp³-hybridized carbons (Fsp3) is 0.533. The van der Waals surface area contributed by atoms with Crippen molar-refractivity contribution in [2.75, 3.05) is 33.4 Å². The molecule has 2 N–H and O–H groups in total. The number of piperidine rings is 1. The highest BCUT2D eigenvalue weighted by molar-refractivity contribution is 6.31. The van der Waals surface area contributed by atoms with Gasteiger partial charge < -0.3 is 15.4 Å². The number of carbonyl (C=O) groups excluding carboxylic acids is 1. The van der Waals surface area contributed by atoms with Crippen LogP contribution in [-0.2, 0) is 4.74 Å². The van der Waals surface area contributed by atoms with Crippen molar-refractivity contribution in [3.63, 3.8) is 0 Å². The molecule has 134 valence electrons. The van der Waals surface area contributed by atoms with Crippen molar-refractivity contribution in [3.8, 4) is 0 Å². The Hall–Kier alpha value is -1.41. The summed E-state index contributed by atoms with van der Waals surface area (Å²) in [5.41, 5.74) is -0.123. The van der Waals surface area contributed by atoms with Crippen molar-refractivity contribution >= 4 is 35.6 Å². The van der Waals surface area contributed by atoms with Crippen molar-refractivity contribution in [3.05, 3.63) is 38.9 Å². The second kappa shape index (κ2) is 9.17. The zero-order valence-electron chi connectivity index (χ0n) is 13.3. The normalized spacial score (nSPS) is 16.1. The van der Waals surface area contributed by atoms with Crippen molar-refractivity contribution < 1.29 is 14.5 Å². The predicted molar refractivity (Wildman–Crippen MR) is 94.1 cm³/mol. The second-order valence-electron chi connectivity index (χ2n) is 5.82. The number of hydrogen-bond acceptors (Lipinski definition) is 5. The highest BCUT2D eigenvalue weighted by atomic mass is 35.5. The summed E-state index contributed by atoms with van der Waals surface area (Å²) in [4.78, 5) is 22.6. The van der Waals surface area contributed by atoms with Gasteiger partial charge in [0, 0.05) is 41.8 Å². The SMILES string of the molecule is COCC1(CNC(=O)c2cc(Cl)cc([N+](=O)[O-])c2)CCNCC1.Cl. The van der Waals surface area contributed by atoms with Crippen LogP contribution in [0.4, 0.5) is 5.69 Å². The van der Waals surface area contributed by atoms with Crippen molar-refractivity contribution in [2.24, 2.45) is 5.41 Å². The molecule has 1 aliphatic rings. The van der Waals surface area contributed by atoms with Gasteiger partial charge in [0.05, 0.1) is 11.5 Å². The van der Waals surface area contributed by atoms with E-state index in [0.717, 1.165) is 25.9 Å². The molecule has 0 aromatic heterocycles. The summed E-state index contributed by atoms with van der Waals surface area (Å²) in [6.45, 7) is 2.77. The molecule has 1 aliphatic heterocycles. The Bertz CT molecular complexity index is 587. The van der Waals surface area contributed by atoms with E-state index in [4.69, 9.17) is 16.3 Å². The number of amides is 1. The maximum Gasteiger partial charge on any atom is 0.271 e. The van der Waals surface area contributed by atoms with E-state index in [1.807, 2.05) is 0 Å². The molecule has 0 saturated carbocycles. The number of rotatable bonds is 6. The number of benzene rings is 1. The van der Waals surface area contributed by atoms with Gasteiger partial charge in [0.1, 0.15) is 0 Å². The summed E-state index contributed by atoms with van der Waals surface area (Å²) in [5.74, 6) is -0.371. The van der Waals surface area contributed by atoms with Crippen molar-refractivity contribution in [1.82, 2.24) is 10.6 Å². The van der Waals surface area contributed by atoms with Gasteiger partial charge in [-0.3, -0.25) is 14.9 Å². The first-order chi connectivity index (χ1) is 11.0. The van der Waals surface area contributed by atoms with E-state index in [0.29, 0.717) is 13.2 Å². The molecule has 2 rings (SSSR count). The summed E-state index contributed by atoms with van der Waals surface area (Å²) in [7, 11) is 1.64. The van der Waals surface area contributed by atoms with E-state index < -0.39 is 4.92 Å². The van der Waals surface area contributed by atoms with Gasteiger partial charge in [-0.1, -0.05) is 11.6 Å². The minimum Gasteiger partial charge on any atom is -0.384 e. The maximum atomic E-state index is 12.3. The molecule has 0 unspecified atom stereocenters. The van der Waals surface area contributed by atoms with Gasteiger partial charge in [0.15, 0.2) is 0 Å². The van der Waals surface area contributed by atoms with Crippen LogP contribution in [-0.4, -0.2) is 44.2 Å². The van der Waals surface area contributed by atoms with Gasteiger partial charge in [-0.25, -0.2) is 0 Å². The van der Waals surface area contributed by atoms with Crippen molar-refractivity contribution in [1.29, 1.82) is 0 Å². The molecule has 7 nitrogen and oxygen atoms in total. The summed E-state index contributed by atoms with van der Waals surface area (Å²) in [6.07, 6.45) is 1.80. The molecule has 1 heterocycles. The Morgan fingerprint density at radius 2 is 2.08 bits per heavy atom. The molecule has 0 atom stereocenters. The lowest BCUT2D eigenvalue weighted by molar-refractivity contribution is -0.384. The highest BCUT2D eigenvalue weighted by Crippen LogP contribution is 2.28. The number of nitro benzene ring substituents is 1.